The van der Waals surface area contributed by atoms with Gasteiger partial charge >= 0.3 is 6.18 Å². The van der Waals surface area contributed by atoms with Gasteiger partial charge in [0.15, 0.2) is 5.69 Å². The molecule has 0 bridgehead atoms. The van der Waals surface area contributed by atoms with E-state index in [9.17, 15) is 13.2 Å². The summed E-state index contributed by atoms with van der Waals surface area (Å²) in [6, 6.07) is 0. The number of aromatic nitrogens is 2. The first-order chi connectivity index (χ1) is 6.50. The maximum Gasteiger partial charge on any atom is 0.436 e. The molecule has 78 valence electrons. The maximum absolute atomic E-state index is 12.4. The number of nitrogens with zero attached hydrogens (tertiary/aromatic N) is 2. The van der Waals surface area contributed by atoms with Crippen molar-refractivity contribution in [3.8, 4) is 0 Å². The van der Waals surface area contributed by atoms with E-state index in [1.54, 1.807) is 4.57 Å². The van der Waals surface area contributed by atoms with Gasteiger partial charge in [-0.25, -0.2) is 4.98 Å². The summed E-state index contributed by atoms with van der Waals surface area (Å²) in [5.41, 5.74) is -0.837. The van der Waals surface area contributed by atoms with Crippen LogP contribution in [0.25, 0.3) is 0 Å². The standard InChI is InChI=1S/C7H7BrF3N3/c8-6-5(7(9,10)11)13-4-3-12-1-2-14(4)6/h12H,1-3H2. The van der Waals surface area contributed by atoms with E-state index in [2.05, 4.69) is 26.2 Å². The van der Waals surface area contributed by atoms with Gasteiger partial charge in [-0.05, 0) is 15.9 Å². The minimum absolute atomic E-state index is 0.0292. The fourth-order valence-corrected chi connectivity index (χ4v) is 2.11. The Morgan fingerprint density at radius 3 is 2.71 bits per heavy atom. The molecular formula is C7H7BrF3N3. The van der Waals surface area contributed by atoms with Gasteiger partial charge in [-0.3, -0.25) is 0 Å². The van der Waals surface area contributed by atoms with Crippen molar-refractivity contribution >= 4 is 15.9 Å². The van der Waals surface area contributed by atoms with Crippen LogP contribution in [0.5, 0.6) is 0 Å². The van der Waals surface area contributed by atoms with Gasteiger partial charge in [-0.1, -0.05) is 0 Å². The molecule has 1 aliphatic rings. The zero-order valence-electron chi connectivity index (χ0n) is 7.03. The third kappa shape index (κ3) is 1.54. The van der Waals surface area contributed by atoms with E-state index in [-0.39, 0.29) is 4.60 Å². The summed E-state index contributed by atoms with van der Waals surface area (Å²) in [6.07, 6.45) is -4.39. The Labute approximate surface area is 86.4 Å². The van der Waals surface area contributed by atoms with Crippen molar-refractivity contribution in [2.24, 2.45) is 0 Å². The first-order valence-electron chi connectivity index (χ1n) is 4.03. The predicted octanol–water partition coefficient (Wildman–Crippen LogP) is 1.77. The van der Waals surface area contributed by atoms with Gasteiger partial charge in [0.25, 0.3) is 0 Å². The van der Waals surface area contributed by atoms with Crippen molar-refractivity contribution < 1.29 is 13.2 Å². The number of nitrogens with one attached hydrogen (secondary N) is 1. The molecule has 1 aromatic rings. The Kier molecular flexibility index (Phi) is 2.30. The monoisotopic (exact) mass is 269 g/mol. The van der Waals surface area contributed by atoms with E-state index in [1.165, 1.54) is 0 Å². The third-order valence-electron chi connectivity index (χ3n) is 2.05. The highest BCUT2D eigenvalue weighted by Crippen LogP contribution is 2.35. The van der Waals surface area contributed by atoms with Gasteiger partial charge < -0.3 is 9.88 Å². The molecule has 0 fully saturated rings. The summed E-state index contributed by atoms with van der Waals surface area (Å²) in [5.74, 6) is 0.426. The van der Waals surface area contributed by atoms with Crippen molar-refractivity contribution in [3.63, 3.8) is 0 Å². The van der Waals surface area contributed by atoms with Crippen molar-refractivity contribution in [1.82, 2.24) is 14.9 Å². The molecule has 0 amide bonds. The number of alkyl halides is 3. The largest absolute Gasteiger partial charge is 0.436 e. The van der Waals surface area contributed by atoms with Crippen LogP contribution in [0.1, 0.15) is 11.5 Å². The Hall–Kier alpha value is -0.560. The summed E-state index contributed by atoms with van der Waals surface area (Å²) < 4.78 is 38.8. The second-order valence-electron chi connectivity index (χ2n) is 2.99. The molecule has 7 heteroatoms. The molecule has 0 saturated heterocycles. The molecule has 14 heavy (non-hydrogen) atoms. The number of rotatable bonds is 0. The second-order valence-corrected chi connectivity index (χ2v) is 3.74. The number of fused-ring (bicyclic) bond motifs is 1. The fourth-order valence-electron chi connectivity index (χ4n) is 1.41. The van der Waals surface area contributed by atoms with Crippen molar-refractivity contribution in [3.05, 3.63) is 16.1 Å². The maximum atomic E-state index is 12.4. The second kappa shape index (κ2) is 3.23. The fraction of sp³-hybridized carbons (Fsp3) is 0.571. The molecule has 0 saturated carbocycles. The Bertz CT molecular complexity index is 358. The quantitative estimate of drug-likeness (QED) is 0.778. The predicted molar refractivity (Wildman–Crippen MR) is 46.6 cm³/mol. The Morgan fingerprint density at radius 1 is 1.43 bits per heavy atom. The SMILES string of the molecule is FC(F)(F)c1nc2n(c1Br)CCNC2. The van der Waals surface area contributed by atoms with E-state index >= 15 is 0 Å². The molecule has 2 rings (SSSR count). The highest BCUT2D eigenvalue weighted by Gasteiger charge is 2.38. The molecule has 1 N–H and O–H groups in total. The smallest absolute Gasteiger partial charge is 0.320 e. The molecule has 0 unspecified atom stereocenters. The zero-order valence-corrected chi connectivity index (χ0v) is 8.61. The van der Waals surface area contributed by atoms with Crippen LogP contribution in [-0.4, -0.2) is 16.1 Å². The van der Waals surface area contributed by atoms with Crippen LogP contribution in [0.4, 0.5) is 13.2 Å². The van der Waals surface area contributed by atoms with Crippen molar-refractivity contribution in [2.45, 2.75) is 19.3 Å². The molecular weight excluding hydrogens is 263 g/mol. The number of imidazole rings is 1. The van der Waals surface area contributed by atoms with Crippen LogP contribution in [0, 0.1) is 0 Å². The van der Waals surface area contributed by atoms with Gasteiger partial charge in [0.05, 0.1) is 6.54 Å². The number of halogens is 4. The van der Waals surface area contributed by atoms with Gasteiger partial charge in [-0.15, -0.1) is 0 Å². The third-order valence-corrected chi connectivity index (χ3v) is 2.85. The van der Waals surface area contributed by atoms with Crippen molar-refractivity contribution in [2.75, 3.05) is 6.54 Å². The molecule has 0 atom stereocenters. The molecule has 2 heterocycles. The van der Waals surface area contributed by atoms with Gasteiger partial charge in [-0.2, -0.15) is 13.2 Å². The van der Waals surface area contributed by atoms with Crippen molar-refractivity contribution in [1.29, 1.82) is 0 Å². The first kappa shape index (κ1) is 9.97. The summed E-state index contributed by atoms with van der Waals surface area (Å²) in [5, 5.41) is 2.96. The van der Waals surface area contributed by atoms with E-state index in [0.717, 1.165) is 0 Å². The van der Waals surface area contributed by atoms with Gasteiger partial charge in [0.1, 0.15) is 10.4 Å². The lowest BCUT2D eigenvalue weighted by Crippen LogP contribution is -2.28. The normalized spacial score (nSPS) is 16.9. The highest BCUT2D eigenvalue weighted by molar-refractivity contribution is 9.10. The van der Waals surface area contributed by atoms with E-state index in [4.69, 9.17) is 0 Å². The lowest BCUT2D eigenvalue weighted by molar-refractivity contribution is -0.141. The van der Waals surface area contributed by atoms with Gasteiger partial charge in [0, 0.05) is 13.1 Å². The topological polar surface area (TPSA) is 29.9 Å². The molecule has 0 aliphatic carbocycles. The van der Waals surface area contributed by atoms with Crippen LogP contribution < -0.4 is 5.32 Å². The minimum Gasteiger partial charge on any atom is -0.320 e. The van der Waals surface area contributed by atoms with Crippen LogP contribution >= 0.6 is 15.9 Å². The summed E-state index contributed by atoms with van der Waals surface area (Å²) in [4.78, 5) is 3.55. The summed E-state index contributed by atoms with van der Waals surface area (Å²) >= 11 is 2.93. The molecule has 1 aromatic heterocycles. The summed E-state index contributed by atoms with van der Waals surface area (Å²) in [7, 11) is 0. The lowest BCUT2D eigenvalue weighted by Gasteiger charge is -2.15. The number of hydrogen-bond donors (Lipinski definition) is 1. The van der Waals surface area contributed by atoms with Gasteiger partial charge in [0.2, 0.25) is 0 Å². The Balaban J connectivity index is 2.49. The average Bonchev–Trinajstić information content (AvgIpc) is 2.44. The molecule has 0 spiro atoms. The number of hydrogen-bond acceptors (Lipinski definition) is 2. The molecule has 0 aromatic carbocycles. The van der Waals surface area contributed by atoms with Crippen LogP contribution in [0.2, 0.25) is 0 Å². The first-order valence-corrected chi connectivity index (χ1v) is 4.82. The molecule has 0 radical (unpaired) electrons. The van der Waals surface area contributed by atoms with E-state index < -0.39 is 11.9 Å². The van der Waals surface area contributed by atoms with Crippen LogP contribution in [0.15, 0.2) is 4.60 Å². The van der Waals surface area contributed by atoms with Crippen LogP contribution in [0.3, 0.4) is 0 Å². The van der Waals surface area contributed by atoms with Crippen LogP contribution in [-0.2, 0) is 19.3 Å². The molecule has 1 aliphatic heterocycles. The minimum atomic E-state index is -4.39. The molecule has 3 nitrogen and oxygen atoms in total. The highest BCUT2D eigenvalue weighted by atomic mass is 79.9. The van der Waals surface area contributed by atoms with E-state index in [1.807, 2.05) is 0 Å². The zero-order chi connectivity index (χ0) is 10.3. The Morgan fingerprint density at radius 2 is 2.14 bits per heavy atom. The summed E-state index contributed by atoms with van der Waals surface area (Å²) in [6.45, 7) is 1.56. The van der Waals surface area contributed by atoms with E-state index in [0.29, 0.717) is 25.5 Å². The average molecular weight is 270 g/mol. The lowest BCUT2D eigenvalue weighted by atomic mass is 10.4.